The van der Waals surface area contributed by atoms with Crippen molar-refractivity contribution in [2.45, 2.75) is 0 Å². The number of rotatable bonds is 6. The highest BCUT2D eigenvalue weighted by atomic mass is 15.0. The zero-order chi connectivity index (χ0) is 37.7. The Bertz CT molecular complexity index is 3220. The second-order valence-corrected chi connectivity index (χ2v) is 14.3. The van der Waals surface area contributed by atoms with Crippen molar-refractivity contribution < 1.29 is 0 Å². The van der Waals surface area contributed by atoms with Gasteiger partial charge in [-0.1, -0.05) is 140 Å². The van der Waals surface area contributed by atoms with Gasteiger partial charge in [0.05, 0.1) is 27.8 Å². The largest absolute Gasteiger partial charge is 0.309 e. The van der Waals surface area contributed by atoms with Gasteiger partial charge in [0.25, 0.3) is 0 Å². The normalized spacial score (nSPS) is 11.5. The average molecular weight is 728 g/mol. The van der Waals surface area contributed by atoms with Gasteiger partial charge in [0.2, 0.25) is 0 Å². The van der Waals surface area contributed by atoms with E-state index in [-0.39, 0.29) is 0 Å². The standard InChI is InChI=1S/C52H33N5/c1-2-12-37(13-3-1)52-55-47-19-9-5-17-45(47)50(56-52)40-30-39(31-41(32-40)51-53-33-38-14-4-8-18-46(38)54-51)36-24-22-34(23-25-36)35-26-28-42(29-27-35)57-48-20-10-6-15-43(48)44-16-7-11-21-49(44)57/h1-33H. The molecule has 0 aliphatic rings. The summed E-state index contributed by atoms with van der Waals surface area (Å²) in [5.74, 6) is 1.35. The lowest BCUT2D eigenvalue weighted by Gasteiger charge is -2.14. The fourth-order valence-corrected chi connectivity index (χ4v) is 8.04. The molecule has 0 spiro atoms. The molecule has 0 N–H and O–H groups in total. The Morgan fingerprint density at radius 2 is 0.860 bits per heavy atom. The Labute approximate surface area is 329 Å². The molecule has 5 heteroatoms. The number of hydrogen-bond acceptors (Lipinski definition) is 4. The first kappa shape index (κ1) is 32.7. The van der Waals surface area contributed by atoms with Crippen LogP contribution in [0.25, 0.3) is 106 Å². The van der Waals surface area contributed by atoms with Gasteiger partial charge < -0.3 is 4.57 Å². The maximum absolute atomic E-state index is 5.22. The van der Waals surface area contributed by atoms with E-state index in [0.29, 0.717) is 11.6 Å². The first-order valence-electron chi connectivity index (χ1n) is 19.1. The Morgan fingerprint density at radius 3 is 1.58 bits per heavy atom. The van der Waals surface area contributed by atoms with Crippen molar-refractivity contribution in [1.29, 1.82) is 0 Å². The average Bonchev–Trinajstić information content (AvgIpc) is 3.63. The van der Waals surface area contributed by atoms with Crippen LogP contribution in [-0.4, -0.2) is 24.5 Å². The quantitative estimate of drug-likeness (QED) is 0.171. The third kappa shape index (κ3) is 5.81. The van der Waals surface area contributed by atoms with E-state index in [1.165, 1.54) is 21.8 Å². The molecule has 266 valence electrons. The van der Waals surface area contributed by atoms with E-state index in [4.69, 9.17) is 19.9 Å². The number of para-hydroxylation sites is 4. The summed E-state index contributed by atoms with van der Waals surface area (Å²) in [4.78, 5) is 20.0. The van der Waals surface area contributed by atoms with Gasteiger partial charge in [-0.25, -0.2) is 19.9 Å². The summed E-state index contributed by atoms with van der Waals surface area (Å²) in [5.41, 5.74) is 13.5. The van der Waals surface area contributed by atoms with Gasteiger partial charge in [0.15, 0.2) is 11.6 Å². The van der Waals surface area contributed by atoms with Crippen molar-refractivity contribution in [3.05, 3.63) is 200 Å². The zero-order valence-electron chi connectivity index (χ0n) is 30.8. The topological polar surface area (TPSA) is 56.5 Å². The van der Waals surface area contributed by atoms with Crippen LogP contribution in [0.1, 0.15) is 0 Å². The van der Waals surface area contributed by atoms with Crippen LogP contribution in [-0.2, 0) is 0 Å². The van der Waals surface area contributed by atoms with E-state index < -0.39 is 0 Å². The Kier molecular flexibility index (Phi) is 7.74. The van der Waals surface area contributed by atoms with Crippen molar-refractivity contribution in [1.82, 2.24) is 24.5 Å². The fraction of sp³-hybridized carbons (Fsp3) is 0. The molecule has 0 fully saturated rings. The number of benzene rings is 8. The predicted molar refractivity (Wildman–Crippen MR) is 234 cm³/mol. The van der Waals surface area contributed by atoms with Crippen LogP contribution in [0.15, 0.2) is 200 Å². The van der Waals surface area contributed by atoms with Crippen molar-refractivity contribution in [3.63, 3.8) is 0 Å². The Balaban J connectivity index is 1.01. The predicted octanol–water partition coefficient (Wildman–Crippen LogP) is 13.0. The monoisotopic (exact) mass is 727 g/mol. The molecule has 5 nitrogen and oxygen atoms in total. The van der Waals surface area contributed by atoms with Crippen molar-refractivity contribution >= 4 is 43.6 Å². The molecule has 11 aromatic rings. The molecular weight excluding hydrogens is 695 g/mol. The van der Waals surface area contributed by atoms with E-state index in [9.17, 15) is 0 Å². The van der Waals surface area contributed by atoms with E-state index in [0.717, 1.165) is 72.1 Å². The van der Waals surface area contributed by atoms with E-state index in [2.05, 4.69) is 144 Å². The molecule has 0 saturated carbocycles. The minimum absolute atomic E-state index is 0.665. The molecule has 11 rings (SSSR count). The van der Waals surface area contributed by atoms with Crippen LogP contribution in [0.3, 0.4) is 0 Å². The molecule has 0 bridgehead atoms. The summed E-state index contributed by atoms with van der Waals surface area (Å²) in [7, 11) is 0. The highest BCUT2D eigenvalue weighted by Gasteiger charge is 2.16. The minimum atomic E-state index is 0.665. The van der Waals surface area contributed by atoms with Crippen molar-refractivity contribution in [3.8, 4) is 62.0 Å². The number of nitrogens with zero attached hydrogens (tertiary/aromatic N) is 5. The maximum Gasteiger partial charge on any atom is 0.160 e. The molecule has 0 saturated heterocycles. The summed E-state index contributed by atoms with van der Waals surface area (Å²) in [6, 6.07) is 68.0. The molecule has 0 unspecified atom stereocenters. The van der Waals surface area contributed by atoms with Crippen molar-refractivity contribution in [2.75, 3.05) is 0 Å². The molecule has 8 aromatic carbocycles. The van der Waals surface area contributed by atoms with Crippen LogP contribution < -0.4 is 0 Å². The number of hydrogen-bond donors (Lipinski definition) is 0. The SMILES string of the molecule is c1ccc(-c2nc(-c3cc(-c4ccc(-c5ccc(-n6c7ccccc7c7ccccc76)cc5)cc4)cc(-c4ncc5ccccc5n4)c3)c3ccccc3n2)cc1. The van der Waals surface area contributed by atoms with Gasteiger partial charge in [-0.2, -0.15) is 0 Å². The second kappa shape index (κ2) is 13.5. The fourth-order valence-electron chi connectivity index (χ4n) is 8.04. The van der Waals surface area contributed by atoms with Crippen LogP contribution in [0.2, 0.25) is 0 Å². The Hall–Kier alpha value is -7.76. The highest BCUT2D eigenvalue weighted by molar-refractivity contribution is 6.09. The smallest absolute Gasteiger partial charge is 0.160 e. The van der Waals surface area contributed by atoms with E-state index in [1.54, 1.807) is 0 Å². The van der Waals surface area contributed by atoms with Gasteiger partial charge in [0, 0.05) is 50.1 Å². The highest BCUT2D eigenvalue weighted by Crippen LogP contribution is 2.37. The van der Waals surface area contributed by atoms with Gasteiger partial charge >= 0.3 is 0 Å². The van der Waals surface area contributed by atoms with Crippen molar-refractivity contribution in [2.24, 2.45) is 0 Å². The zero-order valence-corrected chi connectivity index (χ0v) is 30.8. The molecule has 57 heavy (non-hydrogen) atoms. The lowest BCUT2D eigenvalue weighted by molar-refractivity contribution is 1.18. The lowest BCUT2D eigenvalue weighted by atomic mass is 9.95. The first-order chi connectivity index (χ1) is 28.2. The summed E-state index contributed by atoms with van der Waals surface area (Å²) < 4.78 is 2.35. The van der Waals surface area contributed by atoms with Gasteiger partial charge in [-0.15, -0.1) is 0 Å². The maximum atomic E-state index is 5.22. The van der Waals surface area contributed by atoms with Crippen LogP contribution in [0.4, 0.5) is 0 Å². The molecule has 0 amide bonds. The van der Waals surface area contributed by atoms with E-state index >= 15 is 0 Å². The second-order valence-electron chi connectivity index (χ2n) is 14.3. The lowest BCUT2D eigenvalue weighted by Crippen LogP contribution is -1.97. The molecular formula is C52H33N5. The summed E-state index contributed by atoms with van der Waals surface area (Å²) in [6.07, 6.45) is 1.90. The molecule has 0 radical (unpaired) electrons. The molecule has 3 aromatic heterocycles. The molecule has 0 aliphatic heterocycles. The van der Waals surface area contributed by atoms with Gasteiger partial charge in [0.1, 0.15) is 0 Å². The third-order valence-electron chi connectivity index (χ3n) is 10.8. The minimum Gasteiger partial charge on any atom is -0.309 e. The molecule has 3 heterocycles. The number of aromatic nitrogens is 5. The van der Waals surface area contributed by atoms with Crippen LogP contribution in [0.5, 0.6) is 0 Å². The van der Waals surface area contributed by atoms with Crippen LogP contribution >= 0.6 is 0 Å². The summed E-state index contributed by atoms with van der Waals surface area (Å²) >= 11 is 0. The molecule has 0 aliphatic carbocycles. The van der Waals surface area contributed by atoms with Gasteiger partial charge in [-0.3, -0.25) is 0 Å². The summed E-state index contributed by atoms with van der Waals surface area (Å²) in [6.45, 7) is 0. The molecule has 0 atom stereocenters. The third-order valence-corrected chi connectivity index (χ3v) is 10.8. The van der Waals surface area contributed by atoms with Crippen LogP contribution in [0, 0.1) is 0 Å². The van der Waals surface area contributed by atoms with E-state index in [1.807, 2.05) is 60.8 Å². The number of fused-ring (bicyclic) bond motifs is 5. The Morgan fingerprint density at radius 1 is 0.333 bits per heavy atom. The van der Waals surface area contributed by atoms with Gasteiger partial charge in [-0.05, 0) is 76.9 Å². The first-order valence-corrected chi connectivity index (χ1v) is 19.1. The summed E-state index contributed by atoms with van der Waals surface area (Å²) in [5, 5.41) is 4.51.